The molecule has 0 spiro atoms. The van der Waals surface area contributed by atoms with Crippen molar-refractivity contribution in [3.8, 4) is 6.07 Å². The number of para-hydroxylation sites is 2. The van der Waals surface area contributed by atoms with Gasteiger partial charge in [-0.2, -0.15) is 5.26 Å². The summed E-state index contributed by atoms with van der Waals surface area (Å²) in [4.78, 5) is 21.9. The van der Waals surface area contributed by atoms with E-state index in [1.54, 1.807) is 12.1 Å². The molecule has 0 fully saturated rings. The Bertz CT molecular complexity index is 575. The Balaban J connectivity index is 2.87. The molecular formula is C13H14N4O3. The summed E-state index contributed by atoms with van der Waals surface area (Å²) in [6.45, 7) is 2.35. The van der Waals surface area contributed by atoms with Crippen molar-refractivity contribution in [2.75, 3.05) is 11.9 Å². The van der Waals surface area contributed by atoms with E-state index in [-0.39, 0.29) is 16.9 Å². The molecule has 0 bridgehead atoms. The fourth-order valence-electron chi connectivity index (χ4n) is 1.39. The van der Waals surface area contributed by atoms with E-state index in [4.69, 9.17) is 5.26 Å². The van der Waals surface area contributed by atoms with Crippen LogP contribution < -0.4 is 10.6 Å². The van der Waals surface area contributed by atoms with E-state index < -0.39 is 10.8 Å². The van der Waals surface area contributed by atoms with Crippen LogP contribution in [0.2, 0.25) is 0 Å². The molecule has 0 heterocycles. The van der Waals surface area contributed by atoms with Crippen LogP contribution in [0.5, 0.6) is 0 Å². The fourth-order valence-corrected chi connectivity index (χ4v) is 1.39. The summed E-state index contributed by atoms with van der Waals surface area (Å²) in [5.41, 5.74) is -0.0554. The summed E-state index contributed by atoms with van der Waals surface area (Å²) >= 11 is 0. The molecule has 1 aromatic rings. The van der Waals surface area contributed by atoms with E-state index in [9.17, 15) is 14.9 Å². The fraction of sp³-hybridized carbons (Fsp3) is 0.231. The minimum absolute atomic E-state index is 0.130. The van der Waals surface area contributed by atoms with Crippen molar-refractivity contribution in [1.29, 1.82) is 5.26 Å². The molecule has 2 N–H and O–H groups in total. The average molecular weight is 274 g/mol. The normalized spacial score (nSPS) is 10.5. The maximum atomic E-state index is 11.6. The molecule has 20 heavy (non-hydrogen) atoms. The number of nitriles is 1. The van der Waals surface area contributed by atoms with Crippen LogP contribution in [-0.2, 0) is 4.79 Å². The number of nitrogens with zero attached hydrogens (tertiary/aromatic N) is 2. The molecule has 0 aliphatic carbocycles. The van der Waals surface area contributed by atoms with Crippen LogP contribution in [0, 0.1) is 21.4 Å². The van der Waals surface area contributed by atoms with Crippen molar-refractivity contribution in [1.82, 2.24) is 5.32 Å². The second-order valence-corrected chi connectivity index (χ2v) is 3.84. The summed E-state index contributed by atoms with van der Waals surface area (Å²) in [6, 6.07) is 7.72. The highest BCUT2D eigenvalue weighted by Gasteiger charge is 2.12. The van der Waals surface area contributed by atoms with Crippen molar-refractivity contribution in [3.63, 3.8) is 0 Å². The van der Waals surface area contributed by atoms with Gasteiger partial charge in [-0.25, -0.2) is 0 Å². The van der Waals surface area contributed by atoms with Crippen molar-refractivity contribution in [2.45, 2.75) is 13.3 Å². The van der Waals surface area contributed by atoms with E-state index in [0.717, 1.165) is 12.6 Å². The number of anilines is 1. The number of hydrogen-bond acceptors (Lipinski definition) is 5. The van der Waals surface area contributed by atoms with Gasteiger partial charge in [-0.3, -0.25) is 14.9 Å². The lowest BCUT2D eigenvalue weighted by Gasteiger charge is -2.04. The van der Waals surface area contributed by atoms with Gasteiger partial charge >= 0.3 is 0 Å². The zero-order chi connectivity index (χ0) is 15.0. The highest BCUT2D eigenvalue weighted by atomic mass is 16.6. The maximum absolute atomic E-state index is 11.6. The van der Waals surface area contributed by atoms with Crippen molar-refractivity contribution < 1.29 is 9.72 Å². The molecule has 1 aromatic carbocycles. The molecule has 1 rings (SSSR count). The third kappa shape index (κ3) is 4.10. The SMILES string of the molecule is CCCNC(=O)/C(C#N)=C\Nc1ccccc1[N+](=O)[O-]. The van der Waals surface area contributed by atoms with Crippen LogP contribution in [0.25, 0.3) is 0 Å². The van der Waals surface area contributed by atoms with Crippen LogP contribution in [0.3, 0.4) is 0 Å². The molecule has 0 aliphatic heterocycles. The molecule has 0 aliphatic rings. The first-order valence-electron chi connectivity index (χ1n) is 5.98. The summed E-state index contributed by atoms with van der Waals surface area (Å²) in [6.07, 6.45) is 1.91. The largest absolute Gasteiger partial charge is 0.355 e. The highest BCUT2D eigenvalue weighted by molar-refractivity contribution is 5.97. The van der Waals surface area contributed by atoms with Gasteiger partial charge in [0.05, 0.1) is 4.92 Å². The quantitative estimate of drug-likeness (QED) is 0.356. The number of carbonyl (C=O) groups excluding carboxylic acids is 1. The van der Waals surface area contributed by atoms with Crippen LogP contribution in [-0.4, -0.2) is 17.4 Å². The van der Waals surface area contributed by atoms with Crippen LogP contribution in [0.4, 0.5) is 11.4 Å². The highest BCUT2D eigenvalue weighted by Crippen LogP contribution is 2.23. The van der Waals surface area contributed by atoms with Gasteiger partial charge in [0.15, 0.2) is 0 Å². The van der Waals surface area contributed by atoms with E-state index >= 15 is 0 Å². The molecule has 0 unspecified atom stereocenters. The zero-order valence-electron chi connectivity index (χ0n) is 10.9. The summed E-state index contributed by atoms with van der Waals surface area (Å²) in [7, 11) is 0. The Hall–Kier alpha value is -2.88. The molecule has 7 nitrogen and oxygen atoms in total. The third-order valence-corrected chi connectivity index (χ3v) is 2.37. The lowest BCUT2D eigenvalue weighted by Crippen LogP contribution is -2.25. The summed E-state index contributed by atoms with van der Waals surface area (Å²) < 4.78 is 0. The Morgan fingerprint density at radius 1 is 1.50 bits per heavy atom. The van der Waals surface area contributed by atoms with E-state index in [0.29, 0.717) is 6.54 Å². The van der Waals surface area contributed by atoms with Gasteiger partial charge in [-0.1, -0.05) is 19.1 Å². The number of rotatable bonds is 6. The van der Waals surface area contributed by atoms with Gasteiger partial charge in [0.25, 0.3) is 11.6 Å². The van der Waals surface area contributed by atoms with Gasteiger partial charge in [0.2, 0.25) is 0 Å². The standard InChI is InChI=1S/C13H14N4O3/c1-2-7-15-13(18)10(8-14)9-16-11-5-3-4-6-12(11)17(19)20/h3-6,9,16H,2,7H2,1H3,(H,15,18)/b10-9-. The second-order valence-electron chi connectivity index (χ2n) is 3.84. The van der Waals surface area contributed by atoms with Gasteiger partial charge < -0.3 is 10.6 Å². The van der Waals surface area contributed by atoms with Crippen molar-refractivity contribution >= 4 is 17.3 Å². The molecule has 0 radical (unpaired) electrons. The predicted octanol–water partition coefficient (Wildman–Crippen LogP) is 1.94. The number of amides is 1. The predicted molar refractivity (Wildman–Crippen MR) is 73.7 cm³/mol. The lowest BCUT2D eigenvalue weighted by atomic mass is 10.2. The molecule has 7 heteroatoms. The second kappa shape index (κ2) is 7.53. The third-order valence-electron chi connectivity index (χ3n) is 2.37. The average Bonchev–Trinajstić information content (AvgIpc) is 2.45. The first-order valence-corrected chi connectivity index (χ1v) is 5.98. The monoisotopic (exact) mass is 274 g/mol. The molecule has 0 aromatic heterocycles. The molecule has 104 valence electrons. The van der Waals surface area contributed by atoms with E-state index in [1.165, 1.54) is 18.2 Å². The molecular weight excluding hydrogens is 260 g/mol. The Morgan fingerprint density at radius 3 is 2.80 bits per heavy atom. The topological polar surface area (TPSA) is 108 Å². The maximum Gasteiger partial charge on any atom is 0.292 e. The van der Waals surface area contributed by atoms with Crippen LogP contribution in [0.15, 0.2) is 36.0 Å². The molecule has 0 saturated heterocycles. The number of hydrogen-bond donors (Lipinski definition) is 2. The van der Waals surface area contributed by atoms with Crippen molar-refractivity contribution in [3.05, 3.63) is 46.2 Å². The molecule has 0 saturated carbocycles. The zero-order valence-corrected chi connectivity index (χ0v) is 10.9. The van der Waals surface area contributed by atoms with E-state index in [2.05, 4.69) is 10.6 Å². The van der Waals surface area contributed by atoms with E-state index in [1.807, 2.05) is 6.92 Å². The Morgan fingerprint density at radius 2 is 2.20 bits per heavy atom. The summed E-state index contributed by atoms with van der Waals surface area (Å²) in [5, 5.41) is 24.9. The van der Waals surface area contributed by atoms with Crippen LogP contribution in [0.1, 0.15) is 13.3 Å². The lowest BCUT2D eigenvalue weighted by molar-refractivity contribution is -0.383. The number of nitro groups is 1. The first kappa shape index (κ1) is 15.2. The van der Waals surface area contributed by atoms with Crippen molar-refractivity contribution in [2.24, 2.45) is 0 Å². The minimum atomic E-state index is -0.542. The van der Waals surface area contributed by atoms with Gasteiger partial charge in [0.1, 0.15) is 17.3 Å². The van der Waals surface area contributed by atoms with Gasteiger partial charge in [-0.05, 0) is 12.5 Å². The number of benzene rings is 1. The number of nitrogens with one attached hydrogen (secondary N) is 2. The minimum Gasteiger partial charge on any atom is -0.355 e. The number of nitro benzene ring substituents is 1. The summed E-state index contributed by atoms with van der Waals surface area (Å²) in [5.74, 6) is -0.513. The number of carbonyl (C=O) groups is 1. The first-order chi connectivity index (χ1) is 9.60. The molecule has 1 amide bonds. The van der Waals surface area contributed by atoms with Gasteiger partial charge in [0, 0.05) is 18.8 Å². The molecule has 0 atom stereocenters. The van der Waals surface area contributed by atoms with Gasteiger partial charge in [-0.15, -0.1) is 0 Å². The smallest absolute Gasteiger partial charge is 0.292 e. The van der Waals surface area contributed by atoms with Crippen LogP contribution >= 0.6 is 0 Å². The Labute approximate surface area is 116 Å². The Kier molecular flexibility index (Phi) is 5.72.